The Morgan fingerprint density at radius 3 is 2.61 bits per heavy atom. The van der Waals surface area contributed by atoms with Crippen LogP contribution in [0.2, 0.25) is 0 Å². The highest BCUT2D eigenvalue weighted by Crippen LogP contribution is 2.59. The lowest BCUT2D eigenvalue weighted by Crippen LogP contribution is -2.47. The molecule has 1 aromatic carbocycles. The summed E-state index contributed by atoms with van der Waals surface area (Å²) >= 11 is 0. The van der Waals surface area contributed by atoms with Crippen molar-refractivity contribution < 1.29 is 32.3 Å². The van der Waals surface area contributed by atoms with Gasteiger partial charge in [-0.25, -0.2) is 4.79 Å². The number of nitrogens with one attached hydrogen (secondary N) is 1. The van der Waals surface area contributed by atoms with E-state index in [1.807, 2.05) is 17.0 Å². The van der Waals surface area contributed by atoms with E-state index in [2.05, 4.69) is 10.5 Å². The number of carbonyl (C=O) groups is 1. The van der Waals surface area contributed by atoms with Crippen LogP contribution in [0.4, 0.5) is 18.9 Å². The number of amidine groups is 1. The van der Waals surface area contributed by atoms with Crippen LogP contribution in [0.5, 0.6) is 5.75 Å². The number of methoxy groups -OCH3 is 1. The summed E-state index contributed by atoms with van der Waals surface area (Å²) in [6, 6.07) is 7.18. The maximum absolute atomic E-state index is 12.8. The highest BCUT2D eigenvalue weighted by molar-refractivity contribution is 6.04. The molecular weight excluding hydrogens is 379 g/mol. The average molecular weight is 399 g/mol. The Morgan fingerprint density at radius 1 is 1.32 bits per heavy atom. The summed E-state index contributed by atoms with van der Waals surface area (Å²) in [5.41, 5.74) is -1.36. The molecule has 2 fully saturated rings. The van der Waals surface area contributed by atoms with Crippen LogP contribution >= 0.6 is 0 Å². The number of anilines is 1. The summed E-state index contributed by atoms with van der Waals surface area (Å²) in [4.78, 5) is 18.9. The van der Waals surface area contributed by atoms with Crippen LogP contribution in [0.1, 0.15) is 13.8 Å². The monoisotopic (exact) mass is 399 g/mol. The molecule has 3 aliphatic rings. The molecule has 4 rings (SSSR count). The molecule has 0 bridgehead atoms. The van der Waals surface area contributed by atoms with Crippen molar-refractivity contribution in [3.05, 3.63) is 24.3 Å². The fourth-order valence-corrected chi connectivity index (χ4v) is 4.14. The number of rotatable bonds is 4. The summed E-state index contributed by atoms with van der Waals surface area (Å²) in [5, 5.41) is 7.15. The van der Waals surface area contributed by atoms with E-state index >= 15 is 0 Å². The number of hydrogen-bond donors (Lipinski definition) is 1. The third kappa shape index (κ3) is 2.78. The van der Waals surface area contributed by atoms with Gasteiger partial charge >= 0.3 is 12.1 Å². The number of fused-ring (bicyclic) bond motifs is 1. The first-order valence-electron chi connectivity index (χ1n) is 8.81. The average Bonchev–Trinajstić information content (AvgIpc) is 2.90. The molecule has 3 atom stereocenters. The second-order valence-electron chi connectivity index (χ2n) is 7.58. The fourth-order valence-electron chi connectivity index (χ4n) is 4.14. The third-order valence-electron chi connectivity index (χ3n) is 5.47. The second kappa shape index (κ2) is 6.00. The summed E-state index contributed by atoms with van der Waals surface area (Å²) in [6.45, 7) is 4.18. The van der Waals surface area contributed by atoms with Gasteiger partial charge in [0.25, 0.3) is 0 Å². The van der Waals surface area contributed by atoms with Crippen LogP contribution in [0.25, 0.3) is 0 Å². The number of carbonyl (C=O) groups excluding carboxylic acids is 1. The molecule has 0 aromatic heterocycles. The van der Waals surface area contributed by atoms with E-state index in [-0.39, 0.29) is 12.5 Å². The van der Waals surface area contributed by atoms with E-state index in [1.54, 1.807) is 33.1 Å². The molecule has 2 heterocycles. The zero-order valence-electron chi connectivity index (χ0n) is 15.5. The minimum atomic E-state index is -5.04. The van der Waals surface area contributed by atoms with Crippen molar-refractivity contribution in [1.82, 2.24) is 5.32 Å². The molecule has 1 saturated heterocycles. The number of benzene rings is 1. The summed E-state index contributed by atoms with van der Waals surface area (Å²) in [7, 11) is 1.56. The molecule has 1 aliphatic carbocycles. The Bertz CT molecular complexity index is 824. The minimum Gasteiger partial charge on any atom is -0.497 e. The van der Waals surface area contributed by atoms with E-state index in [9.17, 15) is 18.0 Å². The highest BCUT2D eigenvalue weighted by Gasteiger charge is 2.75. The van der Waals surface area contributed by atoms with Crippen LogP contribution in [-0.4, -0.2) is 49.5 Å². The zero-order valence-corrected chi connectivity index (χ0v) is 15.5. The maximum atomic E-state index is 12.8. The van der Waals surface area contributed by atoms with E-state index in [0.29, 0.717) is 18.1 Å². The zero-order chi connectivity index (χ0) is 20.3. The Kier molecular flexibility index (Phi) is 4.04. The van der Waals surface area contributed by atoms with Gasteiger partial charge in [-0.15, -0.1) is 0 Å². The number of hydrogen-bond acceptors (Lipinski definition) is 7. The Balaban J connectivity index is 1.63. The molecule has 3 unspecified atom stereocenters. The van der Waals surface area contributed by atoms with Gasteiger partial charge in [-0.3, -0.25) is 4.90 Å². The molecule has 7 nitrogen and oxygen atoms in total. The van der Waals surface area contributed by atoms with E-state index < -0.39 is 29.4 Å². The van der Waals surface area contributed by atoms with Crippen molar-refractivity contribution in [2.75, 3.05) is 25.1 Å². The first-order chi connectivity index (χ1) is 13.1. The van der Waals surface area contributed by atoms with Crippen molar-refractivity contribution in [3.8, 4) is 5.75 Å². The molecule has 0 spiro atoms. The van der Waals surface area contributed by atoms with Gasteiger partial charge in [-0.2, -0.15) is 13.2 Å². The van der Waals surface area contributed by atoms with E-state index in [0.717, 1.165) is 5.69 Å². The lowest BCUT2D eigenvalue weighted by molar-refractivity contribution is -0.207. The number of halogens is 3. The van der Waals surface area contributed by atoms with Gasteiger partial charge < -0.3 is 19.6 Å². The largest absolute Gasteiger partial charge is 0.497 e. The first-order valence-corrected chi connectivity index (χ1v) is 8.81. The lowest BCUT2D eigenvalue weighted by atomic mass is 10.1. The molecular formula is C18H20F3N3O4. The van der Waals surface area contributed by atoms with Crippen LogP contribution in [0.15, 0.2) is 29.4 Å². The molecule has 1 saturated carbocycles. The van der Waals surface area contributed by atoms with Gasteiger partial charge in [0.05, 0.1) is 13.0 Å². The van der Waals surface area contributed by atoms with Crippen molar-refractivity contribution in [2.24, 2.45) is 17.0 Å². The minimum absolute atomic E-state index is 0.139. The van der Waals surface area contributed by atoms with Gasteiger partial charge in [0.15, 0.2) is 5.84 Å². The van der Waals surface area contributed by atoms with Crippen molar-refractivity contribution >= 4 is 17.5 Å². The topological polar surface area (TPSA) is 72.4 Å². The quantitative estimate of drug-likeness (QED) is 0.784. The Morgan fingerprint density at radius 2 is 2.00 bits per heavy atom. The van der Waals surface area contributed by atoms with Crippen molar-refractivity contribution in [1.29, 1.82) is 0 Å². The number of oxime groups is 1. The van der Waals surface area contributed by atoms with Crippen molar-refractivity contribution in [3.63, 3.8) is 0 Å². The van der Waals surface area contributed by atoms with Gasteiger partial charge in [0.1, 0.15) is 11.4 Å². The number of esters is 1. The number of piperidine rings is 1. The number of ether oxygens (including phenoxy) is 2. The molecule has 1 aromatic rings. The van der Waals surface area contributed by atoms with Gasteiger partial charge in [-0.1, -0.05) is 5.16 Å². The number of alkyl halides is 3. The SMILES string of the molecule is COc1ccc(N2C(C3C4CNCC43OC(=O)C(F)(F)F)=NOC2(C)C)cc1. The molecule has 0 radical (unpaired) electrons. The van der Waals surface area contributed by atoms with Gasteiger partial charge in [0.2, 0.25) is 5.72 Å². The normalized spacial score (nSPS) is 30.4. The standard InChI is InChI=1S/C18H20F3N3O4/c1-16(2)24(10-4-6-11(26-3)7-5-10)14(23-28-16)13-12-8-22-9-17(12,13)27-15(25)18(19,20)21/h4-7,12-13,22H,8-9H2,1-3H3. The van der Waals surface area contributed by atoms with Crippen LogP contribution in [-0.2, 0) is 14.4 Å². The third-order valence-corrected chi connectivity index (χ3v) is 5.47. The van der Waals surface area contributed by atoms with Crippen molar-refractivity contribution in [2.45, 2.75) is 31.3 Å². The van der Waals surface area contributed by atoms with E-state index in [1.165, 1.54) is 0 Å². The summed E-state index contributed by atoms with van der Waals surface area (Å²) in [5.74, 6) is -1.84. The molecule has 2 aliphatic heterocycles. The highest BCUT2D eigenvalue weighted by atomic mass is 19.4. The molecule has 10 heteroatoms. The number of nitrogens with zero attached hydrogens (tertiary/aromatic N) is 2. The van der Waals surface area contributed by atoms with E-state index in [4.69, 9.17) is 14.3 Å². The maximum Gasteiger partial charge on any atom is 0.490 e. The van der Waals surface area contributed by atoms with Crippen LogP contribution in [0.3, 0.4) is 0 Å². The Hall–Kier alpha value is -2.49. The fraction of sp³-hybridized carbons (Fsp3) is 0.556. The van der Waals surface area contributed by atoms with Gasteiger partial charge in [-0.05, 0) is 38.1 Å². The molecule has 1 N–H and O–H groups in total. The molecule has 0 amide bonds. The Labute approximate surface area is 159 Å². The first kappa shape index (κ1) is 18.9. The predicted octanol–water partition coefficient (Wildman–Crippen LogP) is 2.27. The summed E-state index contributed by atoms with van der Waals surface area (Å²) in [6.07, 6.45) is -5.04. The lowest BCUT2D eigenvalue weighted by Gasteiger charge is -2.32. The second-order valence-corrected chi connectivity index (χ2v) is 7.58. The smallest absolute Gasteiger partial charge is 0.490 e. The van der Waals surface area contributed by atoms with Gasteiger partial charge in [0, 0.05) is 24.7 Å². The summed E-state index contributed by atoms with van der Waals surface area (Å²) < 4.78 is 48.4. The van der Waals surface area contributed by atoms with Crippen LogP contribution in [0, 0.1) is 11.8 Å². The van der Waals surface area contributed by atoms with Crippen LogP contribution < -0.4 is 15.0 Å². The predicted molar refractivity (Wildman–Crippen MR) is 92.8 cm³/mol. The molecule has 152 valence electrons. The molecule has 28 heavy (non-hydrogen) atoms.